The van der Waals surface area contributed by atoms with E-state index >= 15 is 0 Å². The van der Waals surface area contributed by atoms with Crippen molar-refractivity contribution in [3.05, 3.63) is 16.7 Å². The van der Waals surface area contributed by atoms with Crippen molar-refractivity contribution < 1.29 is 38.3 Å². The normalized spacial score (nSPS) is 25.7. The number of hydrogen-bond donors (Lipinski definition) is 5. The summed E-state index contributed by atoms with van der Waals surface area (Å²) in [6.07, 6.45) is -3.98. The Morgan fingerprint density at radius 1 is 1.39 bits per heavy atom. The van der Waals surface area contributed by atoms with Crippen LogP contribution in [-0.4, -0.2) is 77.8 Å². The molecule has 6 N–H and O–H groups in total. The first-order valence-electron chi connectivity index (χ1n) is 9.06. The first-order chi connectivity index (χ1) is 14.6. The number of hydrogen-bond acceptors (Lipinski definition) is 11. The maximum Gasteiger partial charge on any atom is 0.472 e. The number of nitrogens with two attached hydrogens (primary N) is 1. The van der Waals surface area contributed by atoms with E-state index in [-0.39, 0.29) is 48.2 Å². The van der Waals surface area contributed by atoms with Crippen molar-refractivity contribution >= 4 is 42.3 Å². The van der Waals surface area contributed by atoms with Crippen LogP contribution in [0.5, 0.6) is 0 Å². The van der Waals surface area contributed by atoms with E-state index in [2.05, 4.69) is 15.0 Å². The second kappa shape index (κ2) is 9.71. The Hall–Kier alpha value is -1.90. The van der Waals surface area contributed by atoms with Crippen LogP contribution in [0.25, 0.3) is 11.2 Å². The minimum atomic E-state index is -4.50. The lowest BCUT2D eigenvalue weighted by molar-refractivity contribution is -0.117. The number of nitrogens with one attached hydrogen (secondary N) is 1. The SMILES string of the molecule is Nc1nc2c(ncn2[C@@H]2O[C@H](COP(=O)(O)OCCCC(=O)CCl)[C@@H](O)[C@H]2O)c(=O)[nH]1. The third-order valence-corrected chi connectivity index (χ3v) is 5.75. The van der Waals surface area contributed by atoms with Gasteiger partial charge in [0.25, 0.3) is 5.56 Å². The zero-order valence-corrected chi connectivity index (χ0v) is 17.6. The molecule has 5 atom stereocenters. The smallest absolute Gasteiger partial charge is 0.387 e. The molecule has 0 bridgehead atoms. The second-order valence-corrected chi connectivity index (χ2v) is 8.42. The predicted octanol–water partition coefficient (Wildman–Crippen LogP) is -0.957. The number of phosphoric acid groups is 1. The number of alkyl halides is 1. The fraction of sp³-hybridized carbons (Fsp3) is 0.600. The van der Waals surface area contributed by atoms with Crippen LogP contribution in [0.1, 0.15) is 19.1 Å². The Bertz CT molecular complexity index is 1050. The van der Waals surface area contributed by atoms with Gasteiger partial charge in [0.15, 0.2) is 17.4 Å². The monoisotopic (exact) mass is 481 g/mol. The van der Waals surface area contributed by atoms with Crippen molar-refractivity contribution in [2.45, 2.75) is 37.4 Å². The number of nitrogen functional groups attached to an aromatic ring is 1. The molecule has 1 unspecified atom stereocenters. The molecule has 1 aliphatic heterocycles. The molecule has 2 aromatic heterocycles. The summed E-state index contributed by atoms with van der Waals surface area (Å²) in [6.45, 7) is -0.815. The lowest BCUT2D eigenvalue weighted by Crippen LogP contribution is -2.33. The molecule has 0 radical (unpaired) electrons. The molecule has 0 amide bonds. The molecule has 172 valence electrons. The molecule has 0 aliphatic carbocycles. The number of rotatable bonds is 10. The third kappa shape index (κ3) is 5.48. The van der Waals surface area contributed by atoms with Gasteiger partial charge in [0.1, 0.15) is 24.1 Å². The van der Waals surface area contributed by atoms with Crippen molar-refractivity contribution in [1.82, 2.24) is 19.5 Å². The third-order valence-electron chi connectivity index (χ3n) is 4.47. The van der Waals surface area contributed by atoms with Crippen LogP contribution in [0.4, 0.5) is 5.95 Å². The van der Waals surface area contributed by atoms with Gasteiger partial charge in [-0.05, 0) is 6.42 Å². The average Bonchev–Trinajstić information content (AvgIpc) is 3.25. The van der Waals surface area contributed by atoms with Crippen LogP contribution in [0.3, 0.4) is 0 Å². The van der Waals surface area contributed by atoms with Crippen LogP contribution in [0.2, 0.25) is 0 Å². The molecule has 1 saturated heterocycles. The highest BCUT2D eigenvalue weighted by molar-refractivity contribution is 7.47. The van der Waals surface area contributed by atoms with Gasteiger partial charge in [-0.2, -0.15) is 4.98 Å². The zero-order valence-electron chi connectivity index (χ0n) is 16.0. The quantitative estimate of drug-likeness (QED) is 0.158. The van der Waals surface area contributed by atoms with E-state index in [9.17, 15) is 29.3 Å². The summed E-state index contributed by atoms with van der Waals surface area (Å²) in [5, 5.41) is 20.6. The summed E-state index contributed by atoms with van der Waals surface area (Å²) in [4.78, 5) is 42.8. The number of ether oxygens (including phenoxy) is 1. The highest BCUT2D eigenvalue weighted by Crippen LogP contribution is 2.44. The standard InChI is InChI=1S/C15H21ClN5O9P/c16-4-7(22)2-1-3-28-31(26,27)29-5-8-10(23)11(24)14(30-8)21-6-18-9-12(21)19-15(17)20-13(9)25/h6,8,10-11,14,23-24H,1-5H2,(H,26,27)(H3,17,19,20,25)/t8-,10-,11-,14-/m1/s1. The summed E-state index contributed by atoms with van der Waals surface area (Å²) in [6, 6.07) is 0. The summed E-state index contributed by atoms with van der Waals surface area (Å²) in [7, 11) is -4.50. The Morgan fingerprint density at radius 2 is 2.13 bits per heavy atom. The van der Waals surface area contributed by atoms with E-state index in [0.717, 1.165) is 0 Å². The molecule has 0 saturated carbocycles. The lowest BCUT2D eigenvalue weighted by Gasteiger charge is -2.17. The molecule has 2 aromatic rings. The Morgan fingerprint density at radius 3 is 2.84 bits per heavy atom. The highest BCUT2D eigenvalue weighted by Gasteiger charge is 2.45. The van der Waals surface area contributed by atoms with Crippen molar-refractivity contribution in [1.29, 1.82) is 0 Å². The van der Waals surface area contributed by atoms with Gasteiger partial charge in [0.05, 0.1) is 25.4 Å². The van der Waals surface area contributed by atoms with E-state index in [1.165, 1.54) is 10.9 Å². The van der Waals surface area contributed by atoms with Crippen LogP contribution < -0.4 is 11.3 Å². The highest BCUT2D eigenvalue weighted by atomic mass is 35.5. The van der Waals surface area contributed by atoms with Crippen molar-refractivity contribution in [2.24, 2.45) is 0 Å². The van der Waals surface area contributed by atoms with E-state index in [1.54, 1.807) is 0 Å². The topological polar surface area (TPSA) is 212 Å². The van der Waals surface area contributed by atoms with Crippen LogP contribution >= 0.6 is 19.4 Å². The van der Waals surface area contributed by atoms with Gasteiger partial charge in [-0.3, -0.25) is 28.2 Å². The van der Waals surface area contributed by atoms with Gasteiger partial charge in [-0.25, -0.2) is 9.55 Å². The van der Waals surface area contributed by atoms with Crippen molar-refractivity contribution in [3.63, 3.8) is 0 Å². The minimum absolute atomic E-state index is 0.0155. The van der Waals surface area contributed by atoms with E-state index < -0.39 is 44.5 Å². The minimum Gasteiger partial charge on any atom is -0.387 e. The molecule has 1 aliphatic rings. The number of carbonyl (C=O) groups excluding carboxylic acids is 1. The molecule has 16 heteroatoms. The van der Waals surface area contributed by atoms with Crippen molar-refractivity contribution in [3.8, 4) is 0 Å². The molecule has 31 heavy (non-hydrogen) atoms. The molecule has 3 heterocycles. The van der Waals surface area contributed by atoms with Crippen LogP contribution in [-0.2, 0) is 23.1 Å². The van der Waals surface area contributed by atoms with E-state index in [4.69, 9.17) is 31.1 Å². The number of anilines is 1. The number of imidazole rings is 1. The number of H-pyrrole nitrogens is 1. The second-order valence-electron chi connectivity index (χ2n) is 6.69. The Kier molecular flexibility index (Phi) is 7.44. The van der Waals surface area contributed by atoms with Crippen LogP contribution in [0, 0.1) is 0 Å². The number of ketones is 1. The summed E-state index contributed by atoms with van der Waals surface area (Å²) >= 11 is 5.36. The predicted molar refractivity (Wildman–Crippen MR) is 105 cm³/mol. The maximum absolute atomic E-state index is 12.0. The van der Waals surface area contributed by atoms with E-state index in [0.29, 0.717) is 0 Å². The number of aliphatic hydroxyl groups excluding tert-OH is 2. The average molecular weight is 482 g/mol. The fourth-order valence-electron chi connectivity index (χ4n) is 2.95. The number of aromatic amines is 1. The lowest BCUT2D eigenvalue weighted by atomic mass is 10.1. The number of aliphatic hydroxyl groups is 2. The summed E-state index contributed by atoms with van der Waals surface area (Å²) in [5.74, 6) is -0.568. The molecule has 0 spiro atoms. The number of halogens is 1. The Balaban J connectivity index is 1.62. The molecule has 0 aromatic carbocycles. The van der Waals surface area contributed by atoms with E-state index in [1.807, 2.05) is 0 Å². The van der Waals surface area contributed by atoms with Gasteiger partial charge in [-0.15, -0.1) is 11.6 Å². The fourth-order valence-corrected chi connectivity index (χ4v) is 3.85. The maximum atomic E-state index is 12.0. The molecule has 3 rings (SSSR count). The van der Waals surface area contributed by atoms with Crippen LogP contribution in [0.15, 0.2) is 11.1 Å². The molecular weight excluding hydrogens is 461 g/mol. The number of phosphoric ester groups is 1. The van der Waals surface area contributed by atoms with Gasteiger partial charge < -0.3 is 25.6 Å². The van der Waals surface area contributed by atoms with Gasteiger partial charge in [0.2, 0.25) is 5.95 Å². The van der Waals surface area contributed by atoms with Gasteiger partial charge in [0, 0.05) is 6.42 Å². The molecular formula is C15H21ClN5O9P. The zero-order chi connectivity index (χ0) is 22.8. The molecule has 14 nitrogen and oxygen atoms in total. The number of fused-ring (bicyclic) bond motifs is 1. The first-order valence-corrected chi connectivity index (χ1v) is 11.1. The van der Waals surface area contributed by atoms with Gasteiger partial charge >= 0.3 is 7.82 Å². The number of aromatic nitrogens is 4. The molecule has 1 fully saturated rings. The number of nitrogens with zero attached hydrogens (tertiary/aromatic N) is 3. The van der Waals surface area contributed by atoms with Crippen molar-refractivity contribution in [2.75, 3.05) is 24.8 Å². The summed E-state index contributed by atoms with van der Waals surface area (Å²) < 4.78 is 28.3. The number of Topliss-reactive ketones (excluding diaryl/α,β-unsaturated/α-hetero) is 1. The van der Waals surface area contributed by atoms with Gasteiger partial charge in [-0.1, -0.05) is 0 Å². The number of carbonyl (C=O) groups is 1. The summed E-state index contributed by atoms with van der Waals surface area (Å²) in [5.41, 5.74) is 4.90. The first kappa shape index (κ1) is 23.8. The largest absolute Gasteiger partial charge is 0.472 e. The Labute approximate surface area is 179 Å².